The third kappa shape index (κ3) is 3.88. The minimum absolute atomic E-state index is 0.0720. The monoisotopic (exact) mass is 330 g/mol. The number of carbonyl (C=O) groups is 2. The normalized spacial score (nSPS) is 20.6. The Bertz CT molecular complexity index is 642. The van der Waals surface area contributed by atoms with E-state index in [0.29, 0.717) is 38.5 Å². The van der Waals surface area contributed by atoms with Crippen LogP contribution in [0.3, 0.4) is 0 Å². The molecule has 3 rings (SSSR count). The molecule has 2 heterocycles. The fourth-order valence-corrected chi connectivity index (χ4v) is 2.98. The maximum atomic E-state index is 12.3. The minimum atomic E-state index is -0.310. The molecular formula is C18H22N2O4. The SMILES string of the molecule is CC1=C(C(=O)N[C@@H]2CC(=O)N(CCc3ccccc3)C2)OCCO1. The molecule has 0 radical (unpaired) electrons. The van der Waals surface area contributed by atoms with Gasteiger partial charge in [-0.1, -0.05) is 30.3 Å². The first-order valence-electron chi connectivity index (χ1n) is 8.22. The number of rotatable bonds is 5. The highest BCUT2D eigenvalue weighted by molar-refractivity contribution is 5.93. The summed E-state index contributed by atoms with van der Waals surface area (Å²) in [6.07, 6.45) is 1.14. The fraction of sp³-hybridized carbons (Fsp3) is 0.444. The molecule has 0 bridgehead atoms. The van der Waals surface area contributed by atoms with E-state index in [-0.39, 0.29) is 23.6 Å². The summed E-state index contributed by atoms with van der Waals surface area (Å²) in [5.74, 6) is 0.470. The first-order chi connectivity index (χ1) is 11.6. The lowest BCUT2D eigenvalue weighted by Gasteiger charge is -2.21. The summed E-state index contributed by atoms with van der Waals surface area (Å²) in [7, 11) is 0. The Morgan fingerprint density at radius 2 is 2.00 bits per heavy atom. The third-order valence-electron chi connectivity index (χ3n) is 4.24. The first-order valence-corrected chi connectivity index (χ1v) is 8.22. The van der Waals surface area contributed by atoms with Gasteiger partial charge in [-0.15, -0.1) is 0 Å². The summed E-state index contributed by atoms with van der Waals surface area (Å²) >= 11 is 0. The number of hydrogen-bond acceptors (Lipinski definition) is 4. The molecular weight excluding hydrogens is 308 g/mol. The Morgan fingerprint density at radius 3 is 2.75 bits per heavy atom. The van der Waals surface area contributed by atoms with Gasteiger partial charge in [0.1, 0.15) is 19.0 Å². The predicted octanol–water partition coefficient (Wildman–Crippen LogP) is 1.22. The van der Waals surface area contributed by atoms with E-state index in [4.69, 9.17) is 9.47 Å². The van der Waals surface area contributed by atoms with Gasteiger partial charge in [0.15, 0.2) is 0 Å². The van der Waals surface area contributed by atoms with E-state index in [9.17, 15) is 9.59 Å². The summed E-state index contributed by atoms with van der Waals surface area (Å²) in [6, 6.07) is 9.87. The lowest BCUT2D eigenvalue weighted by Crippen LogP contribution is -2.39. The van der Waals surface area contributed by atoms with Gasteiger partial charge < -0.3 is 19.7 Å². The second-order valence-electron chi connectivity index (χ2n) is 6.03. The molecule has 24 heavy (non-hydrogen) atoms. The second-order valence-corrected chi connectivity index (χ2v) is 6.03. The zero-order valence-electron chi connectivity index (χ0n) is 13.8. The molecule has 1 saturated heterocycles. The van der Waals surface area contributed by atoms with E-state index >= 15 is 0 Å². The molecule has 6 nitrogen and oxygen atoms in total. The van der Waals surface area contributed by atoms with Crippen LogP contribution in [0, 0.1) is 0 Å². The van der Waals surface area contributed by atoms with Crippen molar-refractivity contribution in [3.05, 3.63) is 47.4 Å². The number of nitrogens with one attached hydrogen (secondary N) is 1. The van der Waals surface area contributed by atoms with Crippen LogP contribution >= 0.6 is 0 Å². The van der Waals surface area contributed by atoms with E-state index in [1.165, 1.54) is 5.56 Å². The Morgan fingerprint density at radius 1 is 1.25 bits per heavy atom. The summed E-state index contributed by atoms with van der Waals surface area (Å²) in [4.78, 5) is 26.2. The van der Waals surface area contributed by atoms with Crippen molar-refractivity contribution < 1.29 is 19.1 Å². The fourth-order valence-electron chi connectivity index (χ4n) is 2.98. The average molecular weight is 330 g/mol. The van der Waals surface area contributed by atoms with Crippen LogP contribution in [0.1, 0.15) is 18.9 Å². The van der Waals surface area contributed by atoms with Crippen molar-refractivity contribution in [2.75, 3.05) is 26.3 Å². The highest BCUT2D eigenvalue weighted by Crippen LogP contribution is 2.16. The van der Waals surface area contributed by atoms with Gasteiger partial charge in [0.2, 0.25) is 11.7 Å². The molecule has 1 atom stereocenters. The maximum Gasteiger partial charge on any atom is 0.290 e. The van der Waals surface area contributed by atoms with Crippen LogP contribution in [-0.2, 0) is 25.5 Å². The van der Waals surface area contributed by atoms with Gasteiger partial charge in [-0.3, -0.25) is 9.59 Å². The number of benzene rings is 1. The number of ether oxygens (including phenoxy) is 2. The van der Waals surface area contributed by atoms with E-state index in [0.717, 1.165) is 6.42 Å². The van der Waals surface area contributed by atoms with Crippen molar-refractivity contribution in [1.82, 2.24) is 10.2 Å². The molecule has 0 unspecified atom stereocenters. The Kier molecular flexibility index (Phi) is 5.03. The van der Waals surface area contributed by atoms with Crippen LogP contribution < -0.4 is 5.32 Å². The maximum absolute atomic E-state index is 12.3. The van der Waals surface area contributed by atoms with Crippen molar-refractivity contribution in [3.8, 4) is 0 Å². The van der Waals surface area contributed by atoms with Crippen LogP contribution in [0.25, 0.3) is 0 Å². The van der Waals surface area contributed by atoms with Gasteiger partial charge in [0, 0.05) is 19.5 Å². The lowest BCUT2D eigenvalue weighted by atomic mass is 10.1. The van der Waals surface area contributed by atoms with Crippen LogP contribution in [0.5, 0.6) is 0 Å². The van der Waals surface area contributed by atoms with Crippen LogP contribution in [-0.4, -0.2) is 49.1 Å². The number of likely N-dealkylation sites (tertiary alicyclic amines) is 1. The molecule has 0 aliphatic carbocycles. The van der Waals surface area contributed by atoms with Crippen LogP contribution in [0.15, 0.2) is 41.9 Å². The summed E-state index contributed by atoms with van der Waals surface area (Å²) in [5, 5.41) is 2.87. The van der Waals surface area contributed by atoms with Crippen molar-refractivity contribution >= 4 is 11.8 Å². The summed E-state index contributed by atoms with van der Waals surface area (Å²) in [5.41, 5.74) is 1.20. The molecule has 128 valence electrons. The highest BCUT2D eigenvalue weighted by Gasteiger charge is 2.32. The lowest BCUT2D eigenvalue weighted by molar-refractivity contribution is -0.127. The van der Waals surface area contributed by atoms with Gasteiger partial charge in [-0.05, 0) is 18.9 Å². The van der Waals surface area contributed by atoms with Crippen molar-refractivity contribution in [2.24, 2.45) is 0 Å². The van der Waals surface area contributed by atoms with Crippen LogP contribution in [0.2, 0.25) is 0 Å². The van der Waals surface area contributed by atoms with E-state index in [1.54, 1.807) is 11.8 Å². The summed E-state index contributed by atoms with van der Waals surface area (Å²) < 4.78 is 10.7. The molecule has 6 heteroatoms. The van der Waals surface area contributed by atoms with E-state index in [1.807, 2.05) is 18.2 Å². The molecule has 0 spiro atoms. The molecule has 1 N–H and O–H groups in total. The molecule has 1 fully saturated rings. The van der Waals surface area contributed by atoms with Crippen LogP contribution in [0.4, 0.5) is 0 Å². The zero-order chi connectivity index (χ0) is 16.9. The van der Waals surface area contributed by atoms with Gasteiger partial charge in [-0.2, -0.15) is 0 Å². The number of allylic oxidation sites excluding steroid dienone is 1. The molecule has 1 aromatic carbocycles. The van der Waals surface area contributed by atoms with Crippen molar-refractivity contribution in [3.63, 3.8) is 0 Å². The minimum Gasteiger partial charge on any atom is -0.491 e. The largest absolute Gasteiger partial charge is 0.491 e. The predicted molar refractivity (Wildman–Crippen MR) is 87.9 cm³/mol. The van der Waals surface area contributed by atoms with Gasteiger partial charge >= 0.3 is 0 Å². The molecule has 0 saturated carbocycles. The van der Waals surface area contributed by atoms with Crippen molar-refractivity contribution in [2.45, 2.75) is 25.8 Å². The highest BCUT2D eigenvalue weighted by atomic mass is 16.6. The number of carbonyl (C=O) groups excluding carboxylic acids is 2. The number of hydrogen-bond donors (Lipinski definition) is 1. The Hall–Kier alpha value is -2.50. The molecule has 2 amide bonds. The van der Waals surface area contributed by atoms with Crippen molar-refractivity contribution in [1.29, 1.82) is 0 Å². The number of nitrogens with zero attached hydrogens (tertiary/aromatic N) is 1. The average Bonchev–Trinajstić information content (AvgIpc) is 2.93. The number of amides is 2. The second kappa shape index (κ2) is 7.38. The van der Waals surface area contributed by atoms with Gasteiger partial charge in [-0.25, -0.2) is 0 Å². The molecule has 2 aliphatic rings. The Balaban J connectivity index is 1.52. The first kappa shape index (κ1) is 16.4. The molecule has 0 aromatic heterocycles. The third-order valence-corrected chi connectivity index (χ3v) is 4.24. The van der Waals surface area contributed by atoms with Gasteiger partial charge in [0.05, 0.1) is 6.04 Å². The molecule has 1 aromatic rings. The quantitative estimate of drug-likeness (QED) is 0.882. The van der Waals surface area contributed by atoms with E-state index in [2.05, 4.69) is 17.4 Å². The van der Waals surface area contributed by atoms with Gasteiger partial charge in [0.25, 0.3) is 5.91 Å². The smallest absolute Gasteiger partial charge is 0.290 e. The molecule has 2 aliphatic heterocycles. The summed E-state index contributed by atoms with van der Waals surface area (Å²) in [6.45, 7) is 3.73. The standard InChI is InChI=1S/C18H22N2O4/c1-13-17(24-10-9-23-13)18(22)19-15-11-16(21)20(12-15)8-7-14-5-3-2-4-6-14/h2-6,15H,7-12H2,1H3,(H,19,22)/t15-/m1/s1. The Labute approximate surface area is 141 Å². The topological polar surface area (TPSA) is 67.9 Å². The van der Waals surface area contributed by atoms with E-state index < -0.39 is 0 Å². The zero-order valence-corrected chi connectivity index (χ0v) is 13.8.